The molecule has 1 heterocycles. The van der Waals surface area contributed by atoms with Crippen LogP contribution in [0, 0.1) is 5.82 Å². The summed E-state index contributed by atoms with van der Waals surface area (Å²) >= 11 is 0. The van der Waals surface area contributed by atoms with Gasteiger partial charge in [0, 0.05) is 11.1 Å². The van der Waals surface area contributed by atoms with Gasteiger partial charge < -0.3 is 4.74 Å². The molecule has 0 unspecified atom stereocenters. The average Bonchev–Trinajstić information content (AvgIpc) is 3.06. The summed E-state index contributed by atoms with van der Waals surface area (Å²) < 4.78 is 71.7. The summed E-state index contributed by atoms with van der Waals surface area (Å²) in [5.41, 5.74) is 3.00. The zero-order chi connectivity index (χ0) is 21.2. The molecule has 1 aromatic heterocycles. The summed E-state index contributed by atoms with van der Waals surface area (Å²) in [6, 6.07) is 8.32. The van der Waals surface area contributed by atoms with E-state index in [0.29, 0.717) is 5.56 Å². The number of amides is 1. The number of carbonyl (C=O) groups excluding carboxylic acids is 1. The van der Waals surface area contributed by atoms with E-state index >= 15 is 0 Å². The van der Waals surface area contributed by atoms with Crippen molar-refractivity contribution >= 4 is 5.91 Å². The Balaban J connectivity index is 1.75. The number of halogens is 5. The fraction of sp³-hybridized carbons (Fsp3) is 0.158. The molecule has 1 amide bonds. The molecule has 1 N–H and O–H groups in total. The molecule has 10 heteroatoms. The fourth-order valence-electron chi connectivity index (χ4n) is 2.49. The maximum Gasteiger partial charge on any atom is 0.461 e. The number of rotatable bonds is 6. The van der Waals surface area contributed by atoms with Crippen LogP contribution in [0.3, 0.4) is 0 Å². The molecule has 0 spiro atoms. The van der Waals surface area contributed by atoms with Crippen LogP contribution >= 0.6 is 0 Å². The first kappa shape index (κ1) is 20.3. The largest absolute Gasteiger partial charge is 0.461 e. The SMILES string of the molecule is C[n+]1ccn(NC(=O)c2ccc(-c3ccc(OC(F)(F)C(F)F)cc3)c(F)c2)c1. The van der Waals surface area contributed by atoms with E-state index in [-0.39, 0.29) is 11.1 Å². The number of imidazole rings is 1. The molecule has 0 aliphatic carbocycles. The summed E-state index contributed by atoms with van der Waals surface area (Å²) in [4.78, 5) is 12.2. The summed E-state index contributed by atoms with van der Waals surface area (Å²) in [6.45, 7) is 0. The van der Waals surface area contributed by atoms with Crippen LogP contribution in [0.5, 0.6) is 5.75 Å². The number of ether oxygens (including phenoxy) is 1. The van der Waals surface area contributed by atoms with Crippen LogP contribution in [0.4, 0.5) is 22.0 Å². The van der Waals surface area contributed by atoms with E-state index in [1.165, 1.54) is 28.9 Å². The maximum atomic E-state index is 14.5. The number of aromatic nitrogens is 2. The highest BCUT2D eigenvalue weighted by atomic mass is 19.3. The van der Waals surface area contributed by atoms with Crippen molar-refractivity contribution in [2.45, 2.75) is 12.5 Å². The molecule has 3 rings (SSSR count). The molecule has 3 aromatic rings. The third-order valence-corrected chi connectivity index (χ3v) is 3.90. The second kappa shape index (κ2) is 7.90. The number of nitrogens with zero attached hydrogens (tertiary/aromatic N) is 2. The highest BCUT2D eigenvalue weighted by Gasteiger charge is 2.43. The van der Waals surface area contributed by atoms with E-state index in [4.69, 9.17) is 0 Å². The molecule has 0 bridgehead atoms. The van der Waals surface area contributed by atoms with Crippen molar-refractivity contribution in [3.05, 3.63) is 72.6 Å². The third-order valence-electron chi connectivity index (χ3n) is 3.90. The summed E-state index contributed by atoms with van der Waals surface area (Å²) in [6.07, 6.45) is -3.70. The zero-order valence-electron chi connectivity index (χ0n) is 15.0. The Bertz CT molecular complexity index is 1020. The zero-order valence-corrected chi connectivity index (χ0v) is 15.0. The minimum atomic E-state index is -4.63. The van der Waals surface area contributed by atoms with Gasteiger partial charge in [0.1, 0.15) is 17.8 Å². The Morgan fingerprint density at radius 3 is 2.41 bits per heavy atom. The number of alkyl halides is 4. The number of nitrogens with one attached hydrogen (secondary N) is 1. The first-order chi connectivity index (χ1) is 13.7. The van der Waals surface area contributed by atoms with Gasteiger partial charge in [0.25, 0.3) is 12.2 Å². The van der Waals surface area contributed by atoms with Crippen LogP contribution in [0.2, 0.25) is 0 Å². The quantitative estimate of drug-likeness (QED) is 0.495. The number of hydrogen-bond donors (Lipinski definition) is 1. The van der Waals surface area contributed by atoms with E-state index in [9.17, 15) is 26.7 Å². The van der Waals surface area contributed by atoms with Crippen LogP contribution in [0.25, 0.3) is 11.1 Å². The standard InChI is InChI=1S/C19H14F5N3O2/c1-26-8-9-27(11-26)25-17(28)13-4-7-15(16(20)10-13)12-2-5-14(6-3-12)29-19(23,24)18(21)22/h2-11,18H,1H3/p+1. The van der Waals surface area contributed by atoms with Crippen LogP contribution in [0.15, 0.2) is 61.2 Å². The van der Waals surface area contributed by atoms with Gasteiger partial charge >= 0.3 is 12.5 Å². The molecule has 2 aromatic carbocycles. The fourth-order valence-corrected chi connectivity index (χ4v) is 2.49. The summed E-state index contributed by atoms with van der Waals surface area (Å²) in [7, 11) is 1.77. The van der Waals surface area contributed by atoms with Gasteiger partial charge in [-0.3, -0.25) is 4.79 Å². The van der Waals surface area contributed by atoms with Crippen molar-refractivity contribution in [1.29, 1.82) is 0 Å². The molecule has 5 nitrogen and oxygen atoms in total. The molecule has 152 valence electrons. The maximum absolute atomic E-state index is 14.5. The van der Waals surface area contributed by atoms with Crippen LogP contribution in [0.1, 0.15) is 10.4 Å². The number of carbonyl (C=O) groups is 1. The van der Waals surface area contributed by atoms with Crippen molar-refractivity contribution in [2.75, 3.05) is 5.43 Å². The van der Waals surface area contributed by atoms with Gasteiger partial charge in [0.2, 0.25) is 0 Å². The van der Waals surface area contributed by atoms with Gasteiger partial charge in [-0.15, -0.1) is 4.68 Å². The minimum Gasteiger partial charge on any atom is -0.428 e. The van der Waals surface area contributed by atoms with Gasteiger partial charge in [0.15, 0.2) is 6.20 Å². The lowest BCUT2D eigenvalue weighted by Crippen LogP contribution is -2.33. The van der Waals surface area contributed by atoms with Crippen molar-refractivity contribution in [1.82, 2.24) is 4.68 Å². The molecule has 0 saturated carbocycles. The Labute approximate surface area is 161 Å². The lowest BCUT2D eigenvalue weighted by Gasteiger charge is -2.17. The van der Waals surface area contributed by atoms with E-state index < -0.39 is 30.0 Å². The Hall–Kier alpha value is -3.43. The number of benzene rings is 2. The predicted octanol–water partition coefficient (Wildman–Crippen LogP) is 3.74. The molecule has 0 atom stereocenters. The second-order valence-corrected chi connectivity index (χ2v) is 6.11. The second-order valence-electron chi connectivity index (χ2n) is 6.11. The molecule has 0 aliphatic heterocycles. The molecule has 29 heavy (non-hydrogen) atoms. The van der Waals surface area contributed by atoms with Crippen LogP contribution in [-0.2, 0) is 7.05 Å². The number of hydrogen-bond acceptors (Lipinski definition) is 2. The molecular formula is C19H15F5N3O2+. The summed E-state index contributed by atoms with van der Waals surface area (Å²) in [5.74, 6) is -1.75. The Morgan fingerprint density at radius 2 is 1.86 bits per heavy atom. The van der Waals surface area contributed by atoms with E-state index in [1.54, 1.807) is 30.3 Å². The lowest BCUT2D eigenvalue weighted by atomic mass is 10.0. The van der Waals surface area contributed by atoms with Gasteiger partial charge in [-0.1, -0.05) is 18.2 Å². The van der Waals surface area contributed by atoms with E-state index in [1.807, 2.05) is 0 Å². The first-order valence-corrected chi connectivity index (χ1v) is 8.25. The first-order valence-electron chi connectivity index (χ1n) is 8.25. The van der Waals surface area contributed by atoms with Crippen molar-refractivity contribution in [3.63, 3.8) is 0 Å². The molecule has 0 fully saturated rings. The minimum absolute atomic E-state index is 0.0686. The van der Waals surface area contributed by atoms with Crippen LogP contribution in [-0.4, -0.2) is 23.1 Å². The van der Waals surface area contributed by atoms with E-state index in [2.05, 4.69) is 10.2 Å². The average molecular weight is 412 g/mol. The van der Waals surface area contributed by atoms with E-state index in [0.717, 1.165) is 18.2 Å². The van der Waals surface area contributed by atoms with Gasteiger partial charge in [-0.25, -0.2) is 8.96 Å². The normalized spacial score (nSPS) is 11.6. The molecule has 0 saturated heterocycles. The smallest absolute Gasteiger partial charge is 0.428 e. The predicted molar refractivity (Wildman–Crippen MR) is 92.7 cm³/mol. The monoisotopic (exact) mass is 412 g/mol. The molecular weight excluding hydrogens is 397 g/mol. The Kier molecular flexibility index (Phi) is 5.53. The van der Waals surface area contributed by atoms with Crippen LogP contribution < -0.4 is 14.7 Å². The van der Waals surface area contributed by atoms with Gasteiger partial charge in [0.05, 0.1) is 7.05 Å². The molecule has 0 aliphatic rings. The highest BCUT2D eigenvalue weighted by molar-refractivity contribution is 6.00. The number of aryl methyl sites for hydroxylation is 1. The Morgan fingerprint density at radius 1 is 1.17 bits per heavy atom. The third kappa shape index (κ3) is 4.71. The topological polar surface area (TPSA) is 47.1 Å². The highest BCUT2D eigenvalue weighted by Crippen LogP contribution is 2.30. The van der Waals surface area contributed by atoms with Crippen molar-refractivity contribution < 1.29 is 36.1 Å². The lowest BCUT2D eigenvalue weighted by molar-refractivity contribution is -0.670. The van der Waals surface area contributed by atoms with Gasteiger partial charge in [-0.05, 0) is 29.8 Å². The summed E-state index contributed by atoms with van der Waals surface area (Å²) in [5, 5.41) is 0. The van der Waals surface area contributed by atoms with Crippen molar-refractivity contribution in [2.24, 2.45) is 7.05 Å². The molecule has 0 radical (unpaired) electrons. The van der Waals surface area contributed by atoms with Gasteiger partial charge in [-0.2, -0.15) is 23.0 Å². The van der Waals surface area contributed by atoms with Crippen molar-refractivity contribution in [3.8, 4) is 16.9 Å².